The maximum atomic E-state index is 13.1. The van der Waals surface area contributed by atoms with Crippen LogP contribution in [0, 0.1) is 65.2 Å². The van der Waals surface area contributed by atoms with Crippen LogP contribution >= 0.6 is 0 Å². The van der Waals surface area contributed by atoms with Gasteiger partial charge in [0, 0.05) is 165 Å². The van der Waals surface area contributed by atoms with Crippen LogP contribution in [0.5, 0.6) is 5.88 Å². The zero-order valence-corrected chi connectivity index (χ0v) is 59.7. The lowest BCUT2D eigenvalue weighted by Gasteiger charge is -2.13. The Morgan fingerprint density at radius 3 is 1.46 bits per heavy atom. The van der Waals surface area contributed by atoms with E-state index in [0.717, 1.165) is 73.8 Å². The number of Topliss-reactive ketones (excluding diaryl/α,β-unsaturated/α-hetero) is 1. The van der Waals surface area contributed by atoms with Crippen LogP contribution in [0.3, 0.4) is 0 Å². The van der Waals surface area contributed by atoms with Crippen LogP contribution < -0.4 is 4.74 Å². The van der Waals surface area contributed by atoms with Gasteiger partial charge in [0.1, 0.15) is 5.78 Å². The smallest absolute Gasteiger partial charge is 0.416 e. The van der Waals surface area contributed by atoms with Crippen molar-refractivity contribution < 1.29 is 42.1 Å². The number of hydrogen-bond donors (Lipinski definition) is 1. The Kier molecular flexibility index (Phi) is 28.4. The molecule has 1 N–H and O–H groups in total. The van der Waals surface area contributed by atoms with E-state index in [0.29, 0.717) is 36.8 Å². The summed E-state index contributed by atoms with van der Waals surface area (Å²) < 4.78 is 48.7. The molecule has 21 heteroatoms. The van der Waals surface area contributed by atoms with Crippen LogP contribution in [0.4, 0.5) is 13.2 Å². The number of aliphatic imine (C=N–C) groups is 8. The third-order valence-corrected chi connectivity index (χ3v) is 16.9. The molecule has 8 aliphatic heterocycles. The molecule has 0 amide bonds. The standard InChI is InChI=1S/C24H20F3N3O.C14H11N3O3.C13H11N3.C9H13N.C9H12.C8H8N2.C5H10O2/c1-15-2-3-16(11-22(15)24(25,26)27)10-19(31)7-6-18-5-4-17(12-29-18)21-13-30-23-14-28-9-8-20(21)23;18-14(19)8-20-13-2-1-9(5-17-13)11-6-16-12-7-15-4-3-10(11)12;1-9-2-3-10(6-15-9)12-7-16-13-8-14-5-4-11(12)13;1-7(2)9-5-4-8(3)10-6-9;1-7-4-5-8(2)9(3)6-7;1-6-4-10-8-5-9-3-2-7(6)8;1-3-5(6)7-4-2/h2-5,8-9,11-14,20H,6-7,10H2,1H3;1-7,10H,8H2,(H,18,19);2-8,11H,1H3;4-7H,1-3H3;4-6H,1-3H3;2-5,7H,1H3;3-4H2,1-2H3. The molecule has 0 fully saturated rings. The van der Waals surface area contributed by atoms with Gasteiger partial charge < -0.3 is 14.6 Å². The molecule has 4 aromatic heterocycles. The highest BCUT2D eigenvalue weighted by Gasteiger charge is 2.33. The second-order valence-corrected chi connectivity index (χ2v) is 25.0. The van der Waals surface area contributed by atoms with E-state index >= 15 is 0 Å². The maximum absolute atomic E-state index is 13.1. The summed E-state index contributed by atoms with van der Waals surface area (Å²) in [4.78, 5) is 83.4. The van der Waals surface area contributed by atoms with Gasteiger partial charge in [-0.3, -0.25) is 64.5 Å². The fourth-order valence-corrected chi connectivity index (χ4v) is 10.9. The van der Waals surface area contributed by atoms with E-state index in [9.17, 15) is 27.6 Å². The predicted molar refractivity (Wildman–Crippen MR) is 406 cm³/mol. The first kappa shape index (κ1) is 77.3. The van der Waals surface area contributed by atoms with E-state index in [4.69, 9.17) is 9.84 Å². The van der Waals surface area contributed by atoms with Crippen LogP contribution in [0.1, 0.15) is 126 Å². The number of halogens is 3. The number of nitrogens with zero attached hydrogens (tertiary/aromatic N) is 12. The molecular formula is C82H85F3N12O6. The van der Waals surface area contributed by atoms with Crippen molar-refractivity contribution in [2.24, 2.45) is 63.6 Å². The Labute approximate surface area is 599 Å². The monoisotopic (exact) mass is 1390 g/mol. The molecule has 0 radical (unpaired) electrons. The summed E-state index contributed by atoms with van der Waals surface area (Å²) in [6.45, 7) is 21.9. The molecule has 18 nitrogen and oxygen atoms in total. The number of ketones is 1. The number of carboxylic acid groups (broad SMARTS) is 1. The number of alkyl halides is 3. The molecule has 14 rings (SSSR count). The Bertz CT molecular complexity index is 4530. The Balaban J connectivity index is 0.000000162. The van der Waals surface area contributed by atoms with Crippen molar-refractivity contribution in [2.45, 2.75) is 114 Å². The molecule has 0 spiro atoms. The number of aryl methyl sites for hydroxylation is 7. The van der Waals surface area contributed by atoms with Gasteiger partial charge in [-0.05, 0) is 165 Å². The molecular weight excluding hydrogens is 1310 g/mol. The SMILES string of the molecule is CC1=CN=C2C=NC=CC12.CCOC(=O)CC.Cc1ccc(C(C)C)cn1.Cc1ccc(C)c(C)c1.Cc1ccc(C2=CN=C3C=NC=CC23)cn1.Cc1ccc(CC(=O)CCc2ccc(C3=CN=C4C=NC=CC34)cn2)cc1C(F)(F)F.O=C(O)COc1ccc(C2=CN=C3C=NC=CC23)cn1. The van der Waals surface area contributed by atoms with Crippen LogP contribution in [-0.4, -0.2) is 104 Å². The maximum Gasteiger partial charge on any atom is 0.416 e. The average molecular weight is 1390 g/mol. The van der Waals surface area contributed by atoms with E-state index < -0.39 is 24.3 Å². The Morgan fingerprint density at radius 1 is 0.534 bits per heavy atom. The second-order valence-electron chi connectivity index (χ2n) is 25.0. The number of pyridine rings is 4. The first-order valence-corrected chi connectivity index (χ1v) is 33.8. The van der Waals surface area contributed by atoms with Crippen LogP contribution in [0.25, 0.3) is 16.7 Å². The highest BCUT2D eigenvalue weighted by Crippen LogP contribution is 2.36. The molecule has 0 aliphatic carbocycles. The van der Waals surface area contributed by atoms with Crippen LogP contribution in [0.2, 0.25) is 0 Å². The molecule has 103 heavy (non-hydrogen) atoms. The van der Waals surface area contributed by atoms with Crippen molar-refractivity contribution in [2.75, 3.05) is 13.2 Å². The topological polar surface area (TPSA) is 240 Å². The van der Waals surface area contributed by atoms with E-state index in [-0.39, 0.29) is 53.8 Å². The lowest BCUT2D eigenvalue weighted by atomic mass is 9.91. The summed E-state index contributed by atoms with van der Waals surface area (Å²) in [6, 6.07) is 26.2. The number of aliphatic carboxylic acids is 1. The molecule has 4 atom stereocenters. The average Bonchev–Trinajstić information content (AvgIpc) is 1.70. The van der Waals surface area contributed by atoms with Crippen molar-refractivity contribution in [1.82, 2.24) is 19.9 Å². The quantitative estimate of drug-likeness (QED) is 0.101. The number of carbonyl (C=O) groups is 3. The summed E-state index contributed by atoms with van der Waals surface area (Å²) >= 11 is 0. The van der Waals surface area contributed by atoms with Gasteiger partial charge in [0.25, 0.3) is 0 Å². The molecule has 8 aliphatic rings. The van der Waals surface area contributed by atoms with E-state index in [1.165, 1.54) is 46.4 Å². The molecule has 2 aromatic carbocycles. The van der Waals surface area contributed by atoms with E-state index in [1.54, 1.807) is 69.4 Å². The van der Waals surface area contributed by atoms with Gasteiger partial charge in [-0.15, -0.1) is 0 Å². The van der Waals surface area contributed by atoms with Crippen LogP contribution in [0.15, 0.2) is 229 Å². The summed E-state index contributed by atoms with van der Waals surface area (Å²) in [5.74, 6) is 0.472. The van der Waals surface area contributed by atoms with Crippen molar-refractivity contribution in [3.05, 3.63) is 262 Å². The highest BCUT2D eigenvalue weighted by atomic mass is 19.4. The minimum Gasteiger partial charge on any atom is -0.479 e. The summed E-state index contributed by atoms with van der Waals surface area (Å²) in [7, 11) is 0. The number of carbonyl (C=O) groups excluding carboxylic acids is 2. The molecule has 0 bridgehead atoms. The second kappa shape index (κ2) is 37.8. The molecule has 530 valence electrons. The van der Waals surface area contributed by atoms with Crippen molar-refractivity contribution in [3.8, 4) is 5.88 Å². The third-order valence-electron chi connectivity index (χ3n) is 16.9. The fourth-order valence-electron chi connectivity index (χ4n) is 10.9. The van der Waals surface area contributed by atoms with Gasteiger partial charge in [0.2, 0.25) is 5.88 Å². The Morgan fingerprint density at radius 2 is 1.03 bits per heavy atom. The minimum atomic E-state index is -4.42. The van der Waals surface area contributed by atoms with Gasteiger partial charge in [-0.25, -0.2) is 9.78 Å². The van der Waals surface area contributed by atoms with E-state index in [2.05, 4.69) is 155 Å². The zero-order chi connectivity index (χ0) is 74.0. The predicted octanol–water partition coefficient (Wildman–Crippen LogP) is 16.8. The number of aromatic nitrogens is 4. The van der Waals surface area contributed by atoms with Gasteiger partial charge in [-0.1, -0.05) is 99.2 Å². The number of esters is 1. The number of carboxylic acids is 1. The number of hydrogen-bond acceptors (Lipinski definition) is 17. The fraction of sp³-hybridized carbons (Fsp3) is 0.280. The summed E-state index contributed by atoms with van der Waals surface area (Å²) in [6.07, 6.45) is 33.8. The molecule has 0 saturated heterocycles. The highest BCUT2D eigenvalue weighted by molar-refractivity contribution is 6.38. The zero-order valence-electron chi connectivity index (χ0n) is 59.7. The van der Waals surface area contributed by atoms with Gasteiger partial charge in [0.05, 0.1) is 35.0 Å². The molecule has 6 aromatic rings. The van der Waals surface area contributed by atoms with Gasteiger partial charge in [-0.2, -0.15) is 13.2 Å². The molecule has 4 unspecified atom stereocenters. The third kappa shape index (κ3) is 23.0. The van der Waals surface area contributed by atoms with Crippen LogP contribution in [-0.2, 0) is 38.1 Å². The Hall–Kier alpha value is -11.5. The molecule has 0 saturated carbocycles. The first-order valence-electron chi connectivity index (χ1n) is 33.8. The minimum absolute atomic E-state index is 0.0238. The van der Waals surface area contributed by atoms with Gasteiger partial charge >= 0.3 is 18.1 Å². The number of ether oxygens (including phenoxy) is 2. The number of fused-ring (bicyclic) bond motifs is 4. The summed E-state index contributed by atoms with van der Waals surface area (Å²) in [5.41, 5.74) is 19.6. The number of benzene rings is 2. The van der Waals surface area contributed by atoms with Crippen molar-refractivity contribution in [3.63, 3.8) is 0 Å². The first-order chi connectivity index (χ1) is 49.5. The lowest BCUT2D eigenvalue weighted by Crippen LogP contribution is -2.14. The normalized spacial score (nSPS) is 17.5. The van der Waals surface area contributed by atoms with E-state index in [1.807, 2.05) is 106 Å². The molecule has 12 heterocycles. The summed E-state index contributed by atoms with van der Waals surface area (Å²) in [5, 5.41) is 8.53. The van der Waals surface area contributed by atoms with Gasteiger partial charge in [0.15, 0.2) is 6.61 Å². The lowest BCUT2D eigenvalue weighted by molar-refractivity contribution is -0.143. The largest absolute Gasteiger partial charge is 0.479 e. The van der Waals surface area contributed by atoms with Crippen molar-refractivity contribution >= 4 is 82.1 Å². The van der Waals surface area contributed by atoms with Crippen molar-refractivity contribution in [1.29, 1.82) is 0 Å². The number of rotatable bonds is 14. The number of allylic oxidation sites excluding steroid dienone is 8.